The molecule has 0 radical (unpaired) electrons. The van der Waals surface area contributed by atoms with Crippen LogP contribution < -0.4 is 5.73 Å². The van der Waals surface area contributed by atoms with Crippen molar-refractivity contribution in [2.45, 2.75) is 45.6 Å². The van der Waals surface area contributed by atoms with Crippen LogP contribution in [0.5, 0.6) is 0 Å². The molecule has 1 aromatic carbocycles. The third-order valence-electron chi connectivity index (χ3n) is 5.70. The van der Waals surface area contributed by atoms with E-state index >= 15 is 0 Å². The Balaban J connectivity index is 2.07. The third-order valence-corrected chi connectivity index (χ3v) is 5.70. The van der Waals surface area contributed by atoms with E-state index in [9.17, 15) is 14.0 Å². The molecule has 1 aromatic rings. The molecule has 1 amide bonds. The molecule has 134 valence electrons. The van der Waals surface area contributed by atoms with Crippen molar-refractivity contribution in [3.63, 3.8) is 0 Å². The van der Waals surface area contributed by atoms with Gasteiger partial charge in [0.15, 0.2) is 5.96 Å². The lowest BCUT2D eigenvalue weighted by Gasteiger charge is -2.46. The van der Waals surface area contributed by atoms with Crippen molar-refractivity contribution >= 4 is 17.6 Å². The van der Waals surface area contributed by atoms with Gasteiger partial charge in [-0.3, -0.25) is 14.5 Å². The monoisotopic (exact) mass is 345 g/mol. The molecule has 0 unspecified atom stereocenters. The first-order valence-corrected chi connectivity index (χ1v) is 8.53. The number of nitrogens with two attached hydrogens (primary N) is 1. The SMILES string of the molecule is CN1C(=O)C(C)(C)[C@@](C)(c2cc(CC(=O)C3CC3)ccc2F)N=C1N. The Labute approximate surface area is 147 Å². The summed E-state index contributed by atoms with van der Waals surface area (Å²) in [6.07, 6.45) is 2.17. The topological polar surface area (TPSA) is 75.8 Å². The maximum absolute atomic E-state index is 14.7. The lowest BCUT2D eigenvalue weighted by atomic mass is 9.67. The van der Waals surface area contributed by atoms with Gasteiger partial charge in [0.05, 0.1) is 5.41 Å². The van der Waals surface area contributed by atoms with Crippen LogP contribution in [0, 0.1) is 17.2 Å². The van der Waals surface area contributed by atoms with Crippen LogP contribution in [0.3, 0.4) is 0 Å². The number of Topliss-reactive ketones (excluding diaryl/α,β-unsaturated/α-hetero) is 1. The van der Waals surface area contributed by atoms with Gasteiger partial charge < -0.3 is 5.73 Å². The number of rotatable bonds is 4. The molecule has 2 aliphatic rings. The molecule has 1 atom stereocenters. The average Bonchev–Trinajstić information content (AvgIpc) is 3.38. The van der Waals surface area contributed by atoms with Crippen molar-refractivity contribution in [3.05, 3.63) is 35.1 Å². The van der Waals surface area contributed by atoms with E-state index in [4.69, 9.17) is 5.73 Å². The van der Waals surface area contributed by atoms with Crippen LogP contribution in [-0.2, 0) is 21.5 Å². The average molecular weight is 345 g/mol. The molecule has 1 saturated carbocycles. The van der Waals surface area contributed by atoms with Crippen molar-refractivity contribution in [3.8, 4) is 0 Å². The second-order valence-corrected chi connectivity index (χ2v) is 7.76. The Morgan fingerprint density at radius 3 is 2.60 bits per heavy atom. The highest BCUT2D eigenvalue weighted by molar-refractivity contribution is 6.01. The van der Waals surface area contributed by atoms with Gasteiger partial charge >= 0.3 is 0 Å². The molecule has 1 fully saturated rings. The number of aliphatic imine (C=N–C) groups is 1. The van der Waals surface area contributed by atoms with E-state index in [0.29, 0.717) is 5.56 Å². The summed E-state index contributed by atoms with van der Waals surface area (Å²) in [6.45, 7) is 5.20. The summed E-state index contributed by atoms with van der Waals surface area (Å²) in [4.78, 5) is 30.6. The Hall–Kier alpha value is -2.24. The standard InChI is InChI=1S/C19H24FN3O2/c1-18(2)16(25)23(4)17(21)22-19(18,3)13-9-11(5-8-14(13)20)10-15(24)12-6-7-12/h5,8-9,12H,6-7,10H2,1-4H3,(H2,21,22)/t19-/m1/s1. The number of benzene rings is 1. The number of guanidine groups is 1. The van der Waals surface area contributed by atoms with E-state index < -0.39 is 16.8 Å². The Kier molecular flexibility index (Phi) is 3.97. The van der Waals surface area contributed by atoms with E-state index in [-0.39, 0.29) is 30.0 Å². The van der Waals surface area contributed by atoms with E-state index in [1.165, 1.54) is 11.0 Å². The van der Waals surface area contributed by atoms with Crippen molar-refractivity contribution in [2.24, 2.45) is 22.1 Å². The van der Waals surface area contributed by atoms with Gasteiger partial charge in [0.25, 0.3) is 0 Å². The number of halogens is 1. The highest BCUT2D eigenvalue weighted by Crippen LogP contribution is 2.47. The highest BCUT2D eigenvalue weighted by Gasteiger charge is 2.53. The first-order chi connectivity index (χ1) is 11.6. The minimum atomic E-state index is -1.15. The summed E-state index contributed by atoms with van der Waals surface area (Å²) in [7, 11) is 1.56. The lowest BCUT2D eigenvalue weighted by molar-refractivity contribution is -0.140. The largest absolute Gasteiger partial charge is 0.369 e. The van der Waals surface area contributed by atoms with Crippen LogP contribution >= 0.6 is 0 Å². The van der Waals surface area contributed by atoms with Crippen LogP contribution in [0.15, 0.2) is 23.2 Å². The van der Waals surface area contributed by atoms with Gasteiger partial charge in [0.1, 0.15) is 17.1 Å². The van der Waals surface area contributed by atoms with Crippen LogP contribution in [0.4, 0.5) is 4.39 Å². The fourth-order valence-electron chi connectivity index (χ4n) is 3.38. The third kappa shape index (κ3) is 2.73. The molecule has 0 saturated heterocycles. The second-order valence-electron chi connectivity index (χ2n) is 7.76. The van der Waals surface area contributed by atoms with Gasteiger partial charge in [-0.2, -0.15) is 0 Å². The zero-order valence-electron chi connectivity index (χ0n) is 15.1. The van der Waals surface area contributed by atoms with Crippen LogP contribution in [0.25, 0.3) is 0 Å². The number of hydrogen-bond donors (Lipinski definition) is 1. The Morgan fingerprint density at radius 1 is 1.36 bits per heavy atom. The molecule has 0 aromatic heterocycles. The molecule has 1 aliphatic heterocycles. The normalized spacial score (nSPS) is 25.7. The van der Waals surface area contributed by atoms with Gasteiger partial charge in [-0.1, -0.05) is 6.07 Å². The predicted molar refractivity (Wildman–Crippen MR) is 93.4 cm³/mol. The molecule has 0 spiro atoms. The van der Waals surface area contributed by atoms with Crippen molar-refractivity contribution in [1.82, 2.24) is 4.90 Å². The van der Waals surface area contributed by atoms with Crippen LogP contribution in [-0.4, -0.2) is 29.6 Å². The number of carbonyl (C=O) groups excluding carboxylic acids is 2. The Morgan fingerprint density at radius 2 is 2.00 bits per heavy atom. The molecule has 6 heteroatoms. The maximum atomic E-state index is 14.7. The lowest BCUT2D eigenvalue weighted by Crippen LogP contribution is -2.58. The number of hydrogen-bond acceptors (Lipinski definition) is 4. The summed E-state index contributed by atoms with van der Waals surface area (Å²) in [5, 5.41) is 0. The fraction of sp³-hybridized carbons (Fsp3) is 0.526. The molecule has 1 heterocycles. The van der Waals surface area contributed by atoms with Gasteiger partial charge in [0, 0.05) is 24.9 Å². The molecule has 0 bridgehead atoms. The number of nitrogens with zero attached hydrogens (tertiary/aromatic N) is 2. The number of carbonyl (C=O) groups is 2. The summed E-state index contributed by atoms with van der Waals surface area (Å²) < 4.78 is 14.7. The molecule has 1 aliphatic carbocycles. The summed E-state index contributed by atoms with van der Waals surface area (Å²) in [5.41, 5.74) is 4.80. The van der Waals surface area contributed by atoms with E-state index in [1.807, 2.05) is 0 Å². The zero-order valence-corrected chi connectivity index (χ0v) is 15.1. The zero-order chi connectivity index (χ0) is 18.6. The molecular formula is C19H24FN3O2. The minimum absolute atomic E-state index is 0.0608. The van der Waals surface area contributed by atoms with Crippen LogP contribution in [0.2, 0.25) is 0 Å². The Bertz CT molecular complexity index is 783. The van der Waals surface area contributed by atoms with Gasteiger partial charge in [-0.25, -0.2) is 9.38 Å². The summed E-state index contributed by atoms with van der Waals surface area (Å²) in [6, 6.07) is 4.63. The van der Waals surface area contributed by atoms with Gasteiger partial charge in [0.2, 0.25) is 5.91 Å². The van der Waals surface area contributed by atoms with Crippen LogP contribution in [0.1, 0.15) is 44.7 Å². The summed E-state index contributed by atoms with van der Waals surface area (Å²) in [5.74, 6) is -0.275. The smallest absolute Gasteiger partial charge is 0.237 e. The predicted octanol–water partition coefficient (Wildman–Crippen LogP) is 2.38. The van der Waals surface area contributed by atoms with Crippen molar-refractivity contribution in [2.75, 3.05) is 7.05 Å². The quantitative estimate of drug-likeness (QED) is 0.910. The van der Waals surface area contributed by atoms with E-state index in [0.717, 1.165) is 18.4 Å². The molecular weight excluding hydrogens is 321 g/mol. The molecule has 25 heavy (non-hydrogen) atoms. The summed E-state index contributed by atoms with van der Waals surface area (Å²) >= 11 is 0. The fourth-order valence-corrected chi connectivity index (χ4v) is 3.38. The highest BCUT2D eigenvalue weighted by atomic mass is 19.1. The minimum Gasteiger partial charge on any atom is -0.369 e. The molecule has 5 nitrogen and oxygen atoms in total. The van der Waals surface area contributed by atoms with E-state index in [2.05, 4.69) is 4.99 Å². The number of amides is 1. The number of ketones is 1. The first-order valence-electron chi connectivity index (χ1n) is 8.53. The molecule has 2 N–H and O–H groups in total. The van der Waals surface area contributed by atoms with Gasteiger partial charge in [-0.05, 0) is 51.3 Å². The van der Waals surface area contributed by atoms with Crippen molar-refractivity contribution < 1.29 is 14.0 Å². The molecule has 3 rings (SSSR count). The van der Waals surface area contributed by atoms with Gasteiger partial charge in [-0.15, -0.1) is 0 Å². The second kappa shape index (κ2) is 5.64. The van der Waals surface area contributed by atoms with E-state index in [1.54, 1.807) is 40.0 Å². The maximum Gasteiger partial charge on any atom is 0.237 e. The van der Waals surface area contributed by atoms with Crippen molar-refractivity contribution in [1.29, 1.82) is 0 Å². The first kappa shape index (κ1) is 17.6.